The molecule has 0 bridgehead atoms. The second-order valence-corrected chi connectivity index (χ2v) is 6.27. The summed E-state index contributed by atoms with van der Waals surface area (Å²) in [5.41, 5.74) is 0.501. The molecule has 3 rings (SSSR count). The third kappa shape index (κ3) is 2.81. The van der Waals surface area contributed by atoms with E-state index in [9.17, 15) is 4.79 Å². The topological polar surface area (TPSA) is 63.1 Å². The number of aromatic nitrogens is 3. The smallest absolute Gasteiger partial charge is 0.276 e. The molecule has 1 aromatic rings. The Morgan fingerprint density at radius 3 is 2.81 bits per heavy atom. The molecule has 0 aliphatic carbocycles. The van der Waals surface area contributed by atoms with E-state index in [4.69, 9.17) is 0 Å². The Morgan fingerprint density at radius 2 is 2.10 bits per heavy atom. The van der Waals surface area contributed by atoms with Crippen LogP contribution >= 0.6 is 0 Å². The molecule has 3 heterocycles. The minimum atomic E-state index is 0.0482. The van der Waals surface area contributed by atoms with Crippen LogP contribution in [-0.4, -0.2) is 51.0 Å². The van der Waals surface area contributed by atoms with E-state index in [1.54, 1.807) is 0 Å². The van der Waals surface area contributed by atoms with E-state index in [0.717, 1.165) is 45.2 Å². The van der Waals surface area contributed by atoms with E-state index < -0.39 is 0 Å². The fraction of sp³-hybridized carbons (Fsp3) is 0.800. The molecule has 1 aromatic heterocycles. The van der Waals surface area contributed by atoms with Crippen LogP contribution in [0.5, 0.6) is 0 Å². The minimum absolute atomic E-state index is 0.0482. The summed E-state index contributed by atoms with van der Waals surface area (Å²) >= 11 is 0. The van der Waals surface area contributed by atoms with Crippen molar-refractivity contribution in [2.24, 2.45) is 0 Å². The number of amides is 1. The molecule has 0 radical (unpaired) electrons. The van der Waals surface area contributed by atoms with Gasteiger partial charge >= 0.3 is 0 Å². The van der Waals surface area contributed by atoms with Gasteiger partial charge in [-0.15, -0.1) is 5.10 Å². The molecule has 0 saturated carbocycles. The highest BCUT2D eigenvalue weighted by Gasteiger charge is 2.35. The Morgan fingerprint density at radius 1 is 1.33 bits per heavy atom. The number of nitrogens with zero attached hydrogens (tertiary/aromatic N) is 4. The molecular weight excluding hydrogens is 266 g/mol. The lowest BCUT2D eigenvalue weighted by atomic mass is 10.1. The number of piperidine rings is 1. The lowest BCUT2D eigenvalue weighted by molar-refractivity contribution is 0.0670. The minimum Gasteiger partial charge on any atom is -0.332 e. The molecule has 0 aromatic carbocycles. The number of rotatable bonds is 3. The number of hydrogen-bond acceptors (Lipinski definition) is 4. The summed E-state index contributed by atoms with van der Waals surface area (Å²) in [5.74, 6) is 0.0482. The average Bonchev–Trinajstić information content (AvgIpc) is 3.14. The average molecular weight is 291 g/mol. The number of nitrogens with one attached hydrogen (secondary N) is 1. The van der Waals surface area contributed by atoms with Crippen LogP contribution < -0.4 is 5.32 Å². The molecule has 21 heavy (non-hydrogen) atoms. The van der Waals surface area contributed by atoms with Crippen molar-refractivity contribution in [2.45, 2.75) is 64.1 Å². The molecule has 1 amide bonds. The zero-order chi connectivity index (χ0) is 14.8. The second-order valence-electron chi connectivity index (χ2n) is 6.27. The zero-order valence-corrected chi connectivity index (χ0v) is 13.0. The molecule has 0 spiro atoms. The van der Waals surface area contributed by atoms with Crippen molar-refractivity contribution in [3.63, 3.8) is 0 Å². The summed E-state index contributed by atoms with van der Waals surface area (Å²) in [6, 6.07) is 1.04. The van der Waals surface area contributed by atoms with Gasteiger partial charge < -0.3 is 10.2 Å². The standard InChI is InChI=1S/C15H25N5O/c1-3-12-5-4-11(2)20(12)15(21)14-10-19(18-17-14)13-6-8-16-9-7-13/h10-13,16H,3-9H2,1-2H3. The first-order chi connectivity index (χ1) is 10.2. The highest BCUT2D eigenvalue weighted by atomic mass is 16.2. The van der Waals surface area contributed by atoms with E-state index in [0.29, 0.717) is 23.8 Å². The Balaban J connectivity index is 1.74. The van der Waals surface area contributed by atoms with Crippen LogP contribution in [0.1, 0.15) is 62.5 Å². The van der Waals surface area contributed by atoms with Crippen LogP contribution in [0.15, 0.2) is 6.20 Å². The van der Waals surface area contributed by atoms with Crippen LogP contribution in [0.3, 0.4) is 0 Å². The van der Waals surface area contributed by atoms with Crippen LogP contribution in [0, 0.1) is 0 Å². The number of carbonyl (C=O) groups excluding carboxylic acids is 1. The van der Waals surface area contributed by atoms with Gasteiger partial charge in [-0.3, -0.25) is 4.79 Å². The largest absolute Gasteiger partial charge is 0.332 e. The van der Waals surface area contributed by atoms with Gasteiger partial charge in [-0.2, -0.15) is 0 Å². The molecule has 2 unspecified atom stereocenters. The van der Waals surface area contributed by atoms with Crippen LogP contribution in [0.25, 0.3) is 0 Å². The number of hydrogen-bond donors (Lipinski definition) is 1. The molecule has 6 heteroatoms. The summed E-state index contributed by atoms with van der Waals surface area (Å²) in [7, 11) is 0. The quantitative estimate of drug-likeness (QED) is 0.919. The van der Waals surface area contributed by atoms with Gasteiger partial charge in [0.1, 0.15) is 0 Å². The monoisotopic (exact) mass is 291 g/mol. The van der Waals surface area contributed by atoms with Crippen molar-refractivity contribution in [3.05, 3.63) is 11.9 Å². The Bertz CT molecular complexity index is 494. The van der Waals surface area contributed by atoms with Crippen molar-refractivity contribution in [1.29, 1.82) is 0 Å². The fourth-order valence-corrected chi connectivity index (χ4v) is 3.60. The molecule has 2 fully saturated rings. The predicted octanol–water partition coefficient (Wildman–Crippen LogP) is 1.61. The number of likely N-dealkylation sites (tertiary alicyclic amines) is 1. The normalized spacial score (nSPS) is 27.2. The van der Waals surface area contributed by atoms with E-state index in [-0.39, 0.29) is 5.91 Å². The highest BCUT2D eigenvalue weighted by Crippen LogP contribution is 2.27. The van der Waals surface area contributed by atoms with Crippen molar-refractivity contribution in [2.75, 3.05) is 13.1 Å². The molecule has 2 aliphatic heterocycles. The summed E-state index contributed by atoms with van der Waals surface area (Å²) in [5, 5.41) is 11.7. The van der Waals surface area contributed by atoms with Gasteiger partial charge in [0.25, 0.3) is 5.91 Å². The second kappa shape index (κ2) is 6.13. The van der Waals surface area contributed by atoms with Crippen LogP contribution in [0.2, 0.25) is 0 Å². The van der Waals surface area contributed by atoms with Crippen LogP contribution in [-0.2, 0) is 0 Å². The molecule has 2 saturated heterocycles. The highest BCUT2D eigenvalue weighted by molar-refractivity contribution is 5.92. The molecule has 116 valence electrons. The first-order valence-electron chi connectivity index (χ1n) is 8.16. The third-order valence-electron chi connectivity index (χ3n) is 4.90. The maximum atomic E-state index is 12.7. The van der Waals surface area contributed by atoms with Crippen molar-refractivity contribution >= 4 is 5.91 Å². The van der Waals surface area contributed by atoms with E-state index >= 15 is 0 Å². The lowest BCUT2D eigenvalue weighted by Gasteiger charge is -2.27. The van der Waals surface area contributed by atoms with Gasteiger partial charge in [0.2, 0.25) is 0 Å². The van der Waals surface area contributed by atoms with Crippen LogP contribution in [0.4, 0.5) is 0 Å². The fourth-order valence-electron chi connectivity index (χ4n) is 3.60. The molecule has 6 nitrogen and oxygen atoms in total. The van der Waals surface area contributed by atoms with Crippen molar-refractivity contribution in [1.82, 2.24) is 25.2 Å². The maximum absolute atomic E-state index is 12.7. The zero-order valence-electron chi connectivity index (χ0n) is 13.0. The van der Waals surface area contributed by atoms with Crippen molar-refractivity contribution < 1.29 is 4.79 Å². The predicted molar refractivity (Wildman–Crippen MR) is 80.1 cm³/mol. The summed E-state index contributed by atoms with van der Waals surface area (Å²) in [4.78, 5) is 14.7. The van der Waals surface area contributed by atoms with E-state index in [1.165, 1.54) is 0 Å². The first-order valence-corrected chi connectivity index (χ1v) is 8.16. The summed E-state index contributed by atoms with van der Waals surface area (Å²) in [6.07, 6.45) is 7.15. The van der Waals surface area contributed by atoms with Gasteiger partial charge in [0.05, 0.1) is 12.2 Å². The Hall–Kier alpha value is -1.43. The Labute approximate surface area is 125 Å². The molecule has 2 atom stereocenters. The van der Waals surface area contributed by atoms with Gasteiger partial charge in [-0.05, 0) is 52.1 Å². The molecular formula is C15H25N5O. The van der Waals surface area contributed by atoms with Gasteiger partial charge in [0.15, 0.2) is 5.69 Å². The summed E-state index contributed by atoms with van der Waals surface area (Å²) in [6.45, 7) is 6.30. The summed E-state index contributed by atoms with van der Waals surface area (Å²) < 4.78 is 1.88. The SMILES string of the molecule is CCC1CCC(C)N1C(=O)c1cn(C2CCNCC2)nn1. The van der Waals surface area contributed by atoms with E-state index in [2.05, 4.69) is 29.5 Å². The van der Waals surface area contributed by atoms with E-state index in [1.807, 2.05) is 15.8 Å². The lowest BCUT2D eigenvalue weighted by Crippen LogP contribution is -2.39. The van der Waals surface area contributed by atoms with Gasteiger partial charge in [0, 0.05) is 12.1 Å². The van der Waals surface area contributed by atoms with Crippen molar-refractivity contribution in [3.8, 4) is 0 Å². The van der Waals surface area contributed by atoms with Gasteiger partial charge in [-0.1, -0.05) is 12.1 Å². The number of carbonyl (C=O) groups is 1. The Kier molecular flexibility index (Phi) is 4.24. The van der Waals surface area contributed by atoms with Gasteiger partial charge in [-0.25, -0.2) is 4.68 Å². The third-order valence-corrected chi connectivity index (χ3v) is 4.90. The molecule has 1 N–H and O–H groups in total. The maximum Gasteiger partial charge on any atom is 0.276 e. The molecule has 2 aliphatic rings. The first kappa shape index (κ1) is 14.5.